The van der Waals surface area contributed by atoms with Gasteiger partial charge >= 0.3 is 0 Å². The van der Waals surface area contributed by atoms with Crippen molar-refractivity contribution in [2.75, 3.05) is 0 Å². The number of benzene rings is 2. The monoisotopic (exact) mass is 267 g/mol. The third kappa shape index (κ3) is 3.70. The SMILES string of the molecule is CCc1ccc(CNC(=O)c2ccc(CC)cc2)cc1. The fourth-order valence-electron chi connectivity index (χ4n) is 2.07. The molecule has 0 fully saturated rings. The molecule has 0 spiro atoms. The highest BCUT2D eigenvalue weighted by molar-refractivity contribution is 5.94. The van der Waals surface area contributed by atoms with Crippen molar-refractivity contribution in [2.24, 2.45) is 0 Å². The van der Waals surface area contributed by atoms with Gasteiger partial charge in [-0.3, -0.25) is 4.79 Å². The number of carbonyl (C=O) groups is 1. The summed E-state index contributed by atoms with van der Waals surface area (Å²) in [5.74, 6) is -0.0211. The lowest BCUT2D eigenvalue weighted by molar-refractivity contribution is 0.0951. The highest BCUT2D eigenvalue weighted by Crippen LogP contribution is 2.07. The van der Waals surface area contributed by atoms with Crippen molar-refractivity contribution in [2.45, 2.75) is 33.2 Å². The van der Waals surface area contributed by atoms with Gasteiger partial charge in [0.25, 0.3) is 5.91 Å². The Balaban J connectivity index is 1.93. The maximum Gasteiger partial charge on any atom is 0.251 e. The van der Waals surface area contributed by atoms with E-state index in [-0.39, 0.29) is 5.91 Å². The normalized spacial score (nSPS) is 10.3. The van der Waals surface area contributed by atoms with Crippen LogP contribution in [0.3, 0.4) is 0 Å². The van der Waals surface area contributed by atoms with Crippen molar-refractivity contribution < 1.29 is 4.79 Å². The fraction of sp³-hybridized carbons (Fsp3) is 0.278. The minimum Gasteiger partial charge on any atom is -0.348 e. The largest absolute Gasteiger partial charge is 0.348 e. The Bertz CT molecular complexity index is 555. The highest BCUT2D eigenvalue weighted by atomic mass is 16.1. The van der Waals surface area contributed by atoms with E-state index in [1.54, 1.807) is 0 Å². The van der Waals surface area contributed by atoms with Crippen LogP contribution in [0.5, 0.6) is 0 Å². The van der Waals surface area contributed by atoms with Crippen molar-refractivity contribution in [3.05, 3.63) is 70.8 Å². The minimum atomic E-state index is -0.0211. The zero-order valence-electron chi connectivity index (χ0n) is 12.1. The van der Waals surface area contributed by atoms with Crippen LogP contribution in [-0.4, -0.2) is 5.91 Å². The van der Waals surface area contributed by atoms with E-state index in [1.807, 2.05) is 24.3 Å². The Kier molecular flexibility index (Phi) is 4.94. The Morgan fingerprint density at radius 3 is 1.75 bits per heavy atom. The van der Waals surface area contributed by atoms with E-state index in [1.165, 1.54) is 11.1 Å². The molecule has 2 rings (SSSR count). The topological polar surface area (TPSA) is 29.1 Å². The van der Waals surface area contributed by atoms with Crippen LogP contribution in [0, 0.1) is 0 Å². The first-order valence-electron chi connectivity index (χ1n) is 7.18. The van der Waals surface area contributed by atoms with E-state index < -0.39 is 0 Å². The third-order valence-corrected chi connectivity index (χ3v) is 3.51. The van der Waals surface area contributed by atoms with Crippen LogP contribution in [0.4, 0.5) is 0 Å². The second kappa shape index (κ2) is 6.90. The Labute approximate surface area is 120 Å². The van der Waals surface area contributed by atoms with E-state index in [0.29, 0.717) is 12.1 Å². The quantitative estimate of drug-likeness (QED) is 0.878. The van der Waals surface area contributed by atoms with Gasteiger partial charge in [-0.2, -0.15) is 0 Å². The Morgan fingerprint density at radius 2 is 1.25 bits per heavy atom. The molecule has 2 aromatic rings. The Morgan fingerprint density at radius 1 is 0.800 bits per heavy atom. The van der Waals surface area contributed by atoms with Gasteiger partial charge in [0.2, 0.25) is 0 Å². The summed E-state index contributed by atoms with van der Waals surface area (Å²) >= 11 is 0. The van der Waals surface area contributed by atoms with Gasteiger partial charge < -0.3 is 5.32 Å². The Hall–Kier alpha value is -2.09. The van der Waals surface area contributed by atoms with Gasteiger partial charge in [0.05, 0.1) is 0 Å². The highest BCUT2D eigenvalue weighted by Gasteiger charge is 2.04. The number of nitrogens with one attached hydrogen (secondary N) is 1. The van der Waals surface area contributed by atoms with Gasteiger partial charge in [-0.15, -0.1) is 0 Å². The molecule has 0 atom stereocenters. The summed E-state index contributed by atoms with van der Waals surface area (Å²) in [5, 5.41) is 2.95. The molecule has 0 aliphatic rings. The number of amides is 1. The standard InChI is InChI=1S/C18H21NO/c1-3-14-5-7-16(8-6-14)13-19-18(20)17-11-9-15(4-2)10-12-17/h5-12H,3-4,13H2,1-2H3,(H,19,20). The molecule has 0 unspecified atom stereocenters. The lowest BCUT2D eigenvalue weighted by atomic mass is 10.1. The third-order valence-electron chi connectivity index (χ3n) is 3.51. The maximum atomic E-state index is 12.0. The van der Waals surface area contributed by atoms with Gasteiger partial charge in [0.1, 0.15) is 0 Å². The van der Waals surface area contributed by atoms with Gasteiger partial charge in [0, 0.05) is 12.1 Å². The van der Waals surface area contributed by atoms with Crippen LogP contribution >= 0.6 is 0 Å². The number of hydrogen-bond donors (Lipinski definition) is 1. The average molecular weight is 267 g/mol. The molecule has 2 heteroatoms. The summed E-state index contributed by atoms with van der Waals surface area (Å²) in [6.45, 7) is 4.81. The van der Waals surface area contributed by atoms with E-state index in [2.05, 4.69) is 43.4 Å². The maximum absolute atomic E-state index is 12.0. The second-order valence-electron chi connectivity index (χ2n) is 4.90. The van der Waals surface area contributed by atoms with Crippen molar-refractivity contribution in [1.82, 2.24) is 5.32 Å². The number of aryl methyl sites for hydroxylation is 2. The molecule has 0 heterocycles. The molecule has 0 aliphatic heterocycles. The van der Waals surface area contributed by atoms with E-state index in [9.17, 15) is 4.79 Å². The number of rotatable bonds is 5. The molecule has 0 radical (unpaired) electrons. The molecular weight excluding hydrogens is 246 g/mol. The van der Waals surface area contributed by atoms with Gasteiger partial charge in [0.15, 0.2) is 0 Å². The molecule has 1 N–H and O–H groups in total. The molecular formula is C18H21NO. The van der Waals surface area contributed by atoms with E-state index in [0.717, 1.165) is 18.4 Å². The van der Waals surface area contributed by atoms with E-state index in [4.69, 9.17) is 0 Å². The second-order valence-corrected chi connectivity index (χ2v) is 4.90. The van der Waals surface area contributed by atoms with Crippen LogP contribution in [0.1, 0.15) is 40.9 Å². The zero-order chi connectivity index (χ0) is 14.4. The first-order chi connectivity index (χ1) is 9.72. The average Bonchev–Trinajstić information content (AvgIpc) is 2.53. The molecule has 104 valence electrons. The van der Waals surface area contributed by atoms with Crippen molar-refractivity contribution >= 4 is 5.91 Å². The van der Waals surface area contributed by atoms with Crippen LogP contribution in [-0.2, 0) is 19.4 Å². The first kappa shape index (κ1) is 14.3. The molecule has 1 amide bonds. The summed E-state index contributed by atoms with van der Waals surface area (Å²) in [7, 11) is 0. The van der Waals surface area contributed by atoms with Crippen molar-refractivity contribution in [3.63, 3.8) is 0 Å². The molecule has 2 aromatic carbocycles. The van der Waals surface area contributed by atoms with Crippen LogP contribution < -0.4 is 5.32 Å². The predicted molar refractivity (Wildman–Crippen MR) is 82.8 cm³/mol. The molecule has 0 aromatic heterocycles. The van der Waals surface area contributed by atoms with Crippen LogP contribution in [0.15, 0.2) is 48.5 Å². The van der Waals surface area contributed by atoms with Gasteiger partial charge in [-0.1, -0.05) is 50.2 Å². The molecule has 0 saturated heterocycles. The minimum absolute atomic E-state index is 0.0211. The predicted octanol–water partition coefficient (Wildman–Crippen LogP) is 3.74. The molecule has 2 nitrogen and oxygen atoms in total. The van der Waals surface area contributed by atoms with Gasteiger partial charge in [-0.05, 0) is 41.7 Å². The smallest absolute Gasteiger partial charge is 0.251 e. The van der Waals surface area contributed by atoms with Crippen LogP contribution in [0.25, 0.3) is 0 Å². The number of hydrogen-bond acceptors (Lipinski definition) is 1. The molecule has 0 saturated carbocycles. The molecule has 0 bridgehead atoms. The summed E-state index contributed by atoms with van der Waals surface area (Å²) < 4.78 is 0. The zero-order valence-corrected chi connectivity index (χ0v) is 12.1. The summed E-state index contributed by atoms with van der Waals surface area (Å²) in [5.41, 5.74) is 4.40. The first-order valence-corrected chi connectivity index (χ1v) is 7.18. The summed E-state index contributed by atoms with van der Waals surface area (Å²) in [6, 6.07) is 16.1. The van der Waals surface area contributed by atoms with Crippen LogP contribution in [0.2, 0.25) is 0 Å². The lowest BCUT2D eigenvalue weighted by Crippen LogP contribution is -2.22. The fourth-order valence-corrected chi connectivity index (χ4v) is 2.07. The van der Waals surface area contributed by atoms with Crippen molar-refractivity contribution in [3.8, 4) is 0 Å². The van der Waals surface area contributed by atoms with E-state index >= 15 is 0 Å². The number of carbonyl (C=O) groups excluding carboxylic acids is 1. The van der Waals surface area contributed by atoms with Gasteiger partial charge in [-0.25, -0.2) is 0 Å². The summed E-state index contributed by atoms with van der Waals surface area (Å²) in [6.07, 6.45) is 2.03. The lowest BCUT2D eigenvalue weighted by Gasteiger charge is -2.07. The van der Waals surface area contributed by atoms with Crippen molar-refractivity contribution in [1.29, 1.82) is 0 Å². The molecule has 20 heavy (non-hydrogen) atoms. The summed E-state index contributed by atoms with van der Waals surface area (Å²) in [4.78, 5) is 12.0. The molecule has 0 aliphatic carbocycles.